The number of guanidine groups is 1. The van der Waals surface area contributed by atoms with Crippen LogP contribution in [0.4, 0.5) is 0 Å². The number of piperidine rings is 1. The predicted octanol–water partition coefficient (Wildman–Crippen LogP) is 3.93. The molecule has 1 saturated heterocycles. The lowest BCUT2D eigenvalue weighted by molar-refractivity contribution is 0.206. The molecule has 0 radical (unpaired) electrons. The van der Waals surface area contributed by atoms with Crippen LogP contribution >= 0.6 is 24.0 Å². The number of aliphatic imine (C=N–C) groups is 1. The van der Waals surface area contributed by atoms with Crippen molar-refractivity contribution >= 4 is 29.9 Å². The second-order valence-electron chi connectivity index (χ2n) is 7.94. The molecule has 1 heterocycles. The van der Waals surface area contributed by atoms with Gasteiger partial charge in [-0.25, -0.2) is 0 Å². The lowest BCUT2D eigenvalue weighted by Crippen LogP contribution is -2.50. The molecule has 0 aromatic heterocycles. The Labute approximate surface area is 177 Å². The summed E-state index contributed by atoms with van der Waals surface area (Å²) in [4.78, 5) is 7.00. The second kappa shape index (κ2) is 11.1. The van der Waals surface area contributed by atoms with Gasteiger partial charge in [0.15, 0.2) is 5.96 Å². The smallest absolute Gasteiger partial charge is 0.191 e. The van der Waals surface area contributed by atoms with E-state index in [1.54, 1.807) is 0 Å². The van der Waals surface area contributed by atoms with Gasteiger partial charge in [-0.1, -0.05) is 50.6 Å². The molecule has 2 rings (SSSR count). The van der Waals surface area contributed by atoms with Crippen molar-refractivity contribution in [2.24, 2.45) is 4.99 Å². The van der Waals surface area contributed by atoms with Gasteiger partial charge in [-0.3, -0.25) is 4.99 Å². The molecule has 0 amide bonds. The summed E-state index contributed by atoms with van der Waals surface area (Å²) in [5.74, 6) is 0.926. The lowest BCUT2D eigenvalue weighted by atomic mass is 9.84. The molecule has 1 aliphatic heterocycles. The second-order valence-corrected chi connectivity index (χ2v) is 7.94. The Morgan fingerprint density at radius 1 is 1.27 bits per heavy atom. The molecule has 0 saturated carbocycles. The predicted molar refractivity (Wildman–Crippen MR) is 124 cm³/mol. The van der Waals surface area contributed by atoms with E-state index in [4.69, 9.17) is 0 Å². The fraction of sp³-hybridized carbons (Fsp3) is 0.667. The van der Waals surface area contributed by atoms with Crippen molar-refractivity contribution in [1.29, 1.82) is 0 Å². The third kappa shape index (κ3) is 7.06. The summed E-state index contributed by atoms with van der Waals surface area (Å²) in [6, 6.07) is 9.32. The molecule has 1 fully saturated rings. The van der Waals surface area contributed by atoms with Gasteiger partial charge in [0, 0.05) is 38.1 Å². The van der Waals surface area contributed by atoms with Gasteiger partial charge in [-0.05, 0) is 38.3 Å². The first-order chi connectivity index (χ1) is 11.9. The molecule has 1 aromatic carbocycles. The summed E-state index contributed by atoms with van der Waals surface area (Å²) < 4.78 is 0. The van der Waals surface area contributed by atoms with Crippen LogP contribution in [0, 0.1) is 6.92 Å². The lowest BCUT2D eigenvalue weighted by Gasteiger charge is -2.33. The van der Waals surface area contributed by atoms with E-state index in [1.807, 2.05) is 7.05 Å². The van der Waals surface area contributed by atoms with Crippen LogP contribution in [0.15, 0.2) is 29.3 Å². The number of nitrogens with zero attached hydrogens (tertiary/aromatic N) is 2. The van der Waals surface area contributed by atoms with Crippen molar-refractivity contribution in [3.05, 3.63) is 35.4 Å². The maximum absolute atomic E-state index is 4.43. The quantitative estimate of drug-likeness (QED) is 0.375. The van der Waals surface area contributed by atoms with E-state index in [0.29, 0.717) is 6.04 Å². The molecule has 0 atom stereocenters. The minimum Gasteiger partial charge on any atom is -0.356 e. The Bertz CT molecular complexity index is 563. The molecule has 26 heavy (non-hydrogen) atoms. The summed E-state index contributed by atoms with van der Waals surface area (Å²) >= 11 is 0. The Morgan fingerprint density at radius 2 is 1.96 bits per heavy atom. The van der Waals surface area contributed by atoms with Crippen LogP contribution in [0.3, 0.4) is 0 Å². The number of benzene rings is 1. The number of hydrogen-bond acceptors (Lipinski definition) is 2. The molecule has 0 spiro atoms. The Kier molecular flexibility index (Phi) is 9.93. The van der Waals surface area contributed by atoms with Crippen LogP contribution in [-0.4, -0.2) is 50.1 Å². The van der Waals surface area contributed by atoms with Crippen molar-refractivity contribution in [2.45, 2.75) is 58.4 Å². The van der Waals surface area contributed by atoms with Crippen LogP contribution in [0.5, 0.6) is 0 Å². The van der Waals surface area contributed by atoms with Gasteiger partial charge in [0.1, 0.15) is 0 Å². The Balaban J connectivity index is 0.00000338. The monoisotopic (exact) mass is 472 g/mol. The third-order valence-corrected chi connectivity index (χ3v) is 5.19. The standard InChI is InChI=1S/C21H36N4.HI/c1-6-12-25-13-10-19(11-14-25)24-20(22-5)23-16-21(3,4)18-9-7-8-17(2)15-18;/h7-9,15,19H,6,10-14,16H2,1-5H3,(H2,22,23,24);1H. The molecule has 2 N–H and O–H groups in total. The highest BCUT2D eigenvalue weighted by molar-refractivity contribution is 14.0. The van der Waals surface area contributed by atoms with Crippen molar-refractivity contribution < 1.29 is 0 Å². The van der Waals surface area contributed by atoms with Gasteiger partial charge in [0.05, 0.1) is 0 Å². The molecule has 0 bridgehead atoms. The van der Waals surface area contributed by atoms with E-state index in [1.165, 1.54) is 50.0 Å². The van der Waals surface area contributed by atoms with Crippen LogP contribution < -0.4 is 10.6 Å². The molecular formula is C21H37IN4. The highest BCUT2D eigenvalue weighted by atomic mass is 127. The van der Waals surface area contributed by atoms with Gasteiger partial charge < -0.3 is 15.5 Å². The number of aryl methyl sites for hydroxylation is 1. The van der Waals surface area contributed by atoms with E-state index < -0.39 is 0 Å². The van der Waals surface area contributed by atoms with Crippen LogP contribution in [-0.2, 0) is 5.41 Å². The van der Waals surface area contributed by atoms with Crippen LogP contribution in [0.1, 0.15) is 51.2 Å². The topological polar surface area (TPSA) is 39.7 Å². The first-order valence-electron chi connectivity index (χ1n) is 9.71. The zero-order valence-electron chi connectivity index (χ0n) is 17.1. The fourth-order valence-electron chi connectivity index (χ4n) is 3.48. The SMILES string of the molecule is CCCN1CCC(NC(=NC)NCC(C)(C)c2cccc(C)c2)CC1.I. The molecule has 1 aromatic rings. The highest BCUT2D eigenvalue weighted by Gasteiger charge is 2.23. The van der Waals surface area contributed by atoms with Crippen molar-refractivity contribution in [2.75, 3.05) is 33.2 Å². The number of likely N-dealkylation sites (tertiary alicyclic amines) is 1. The zero-order chi connectivity index (χ0) is 18.3. The summed E-state index contributed by atoms with van der Waals surface area (Å²) in [7, 11) is 1.86. The van der Waals surface area contributed by atoms with Gasteiger partial charge in [0.2, 0.25) is 0 Å². The van der Waals surface area contributed by atoms with E-state index in [9.17, 15) is 0 Å². The largest absolute Gasteiger partial charge is 0.356 e. The fourth-order valence-corrected chi connectivity index (χ4v) is 3.48. The molecule has 5 heteroatoms. The average molecular weight is 472 g/mol. The van der Waals surface area contributed by atoms with E-state index in [2.05, 4.69) is 72.5 Å². The molecule has 1 aliphatic rings. The number of halogens is 1. The summed E-state index contributed by atoms with van der Waals surface area (Å²) in [6.07, 6.45) is 3.64. The first kappa shape index (κ1) is 23.2. The summed E-state index contributed by atoms with van der Waals surface area (Å²) in [5, 5.41) is 7.15. The normalized spacial score (nSPS) is 16.9. The highest BCUT2D eigenvalue weighted by Crippen LogP contribution is 2.23. The van der Waals surface area contributed by atoms with Gasteiger partial charge in [0.25, 0.3) is 0 Å². The summed E-state index contributed by atoms with van der Waals surface area (Å²) in [5.41, 5.74) is 2.74. The van der Waals surface area contributed by atoms with E-state index in [-0.39, 0.29) is 29.4 Å². The molecule has 0 aliphatic carbocycles. The average Bonchev–Trinajstić information content (AvgIpc) is 2.60. The first-order valence-corrected chi connectivity index (χ1v) is 9.71. The van der Waals surface area contributed by atoms with Gasteiger partial charge >= 0.3 is 0 Å². The van der Waals surface area contributed by atoms with Crippen molar-refractivity contribution in [3.63, 3.8) is 0 Å². The van der Waals surface area contributed by atoms with Crippen molar-refractivity contribution in [1.82, 2.24) is 15.5 Å². The minimum atomic E-state index is 0. The molecular weight excluding hydrogens is 435 g/mol. The minimum absolute atomic E-state index is 0. The maximum atomic E-state index is 4.43. The van der Waals surface area contributed by atoms with E-state index in [0.717, 1.165) is 12.5 Å². The van der Waals surface area contributed by atoms with Crippen LogP contribution in [0.2, 0.25) is 0 Å². The number of nitrogens with one attached hydrogen (secondary N) is 2. The van der Waals surface area contributed by atoms with Crippen molar-refractivity contribution in [3.8, 4) is 0 Å². The zero-order valence-corrected chi connectivity index (χ0v) is 19.5. The van der Waals surface area contributed by atoms with Gasteiger partial charge in [-0.15, -0.1) is 24.0 Å². The van der Waals surface area contributed by atoms with E-state index >= 15 is 0 Å². The van der Waals surface area contributed by atoms with Crippen LogP contribution in [0.25, 0.3) is 0 Å². The Hall–Kier alpha value is -0.820. The maximum Gasteiger partial charge on any atom is 0.191 e. The molecule has 148 valence electrons. The van der Waals surface area contributed by atoms with Gasteiger partial charge in [-0.2, -0.15) is 0 Å². The number of rotatable bonds is 6. The summed E-state index contributed by atoms with van der Waals surface area (Å²) in [6.45, 7) is 13.4. The third-order valence-electron chi connectivity index (χ3n) is 5.19. The molecule has 4 nitrogen and oxygen atoms in total. The Morgan fingerprint density at radius 3 is 2.54 bits per heavy atom. The number of hydrogen-bond donors (Lipinski definition) is 2. The molecule has 0 unspecified atom stereocenters.